The fourth-order valence-electron chi connectivity index (χ4n) is 2.28. The van der Waals surface area contributed by atoms with Crippen LogP contribution in [0.5, 0.6) is 0 Å². The van der Waals surface area contributed by atoms with Gasteiger partial charge in [0.1, 0.15) is 0 Å². The lowest BCUT2D eigenvalue weighted by atomic mass is 9.99. The molecule has 4 nitrogen and oxygen atoms in total. The quantitative estimate of drug-likeness (QED) is 0.805. The number of hydrogen-bond donors (Lipinski definition) is 3. The molecule has 0 aliphatic carbocycles. The molecule has 0 bridgehead atoms. The second kappa shape index (κ2) is 5.74. The van der Waals surface area contributed by atoms with Crippen LogP contribution in [0, 0.1) is 13.8 Å². The molecule has 4 heteroatoms. The minimum Gasteiger partial charge on any atom is -0.396 e. The van der Waals surface area contributed by atoms with E-state index < -0.39 is 5.60 Å². The van der Waals surface area contributed by atoms with E-state index in [4.69, 9.17) is 5.73 Å². The molecule has 0 spiro atoms. The molecule has 1 heterocycles. The van der Waals surface area contributed by atoms with E-state index in [9.17, 15) is 5.11 Å². The molecule has 0 fully saturated rings. The highest BCUT2D eigenvalue weighted by atomic mass is 16.3. The molecule has 0 atom stereocenters. The summed E-state index contributed by atoms with van der Waals surface area (Å²) in [6.45, 7) is 7.53. The Kier molecular flexibility index (Phi) is 4.19. The summed E-state index contributed by atoms with van der Waals surface area (Å²) >= 11 is 0. The zero-order chi connectivity index (χ0) is 15.6. The summed E-state index contributed by atoms with van der Waals surface area (Å²) in [5.74, 6) is 0.683. The number of nitrogens with one attached hydrogen (secondary N) is 1. The molecule has 21 heavy (non-hydrogen) atoms. The summed E-state index contributed by atoms with van der Waals surface area (Å²) < 4.78 is 0. The monoisotopic (exact) mass is 285 g/mol. The molecule has 0 radical (unpaired) electrons. The number of nitrogens with two attached hydrogens (primary N) is 1. The lowest BCUT2D eigenvalue weighted by Gasteiger charge is -2.17. The van der Waals surface area contributed by atoms with Gasteiger partial charge < -0.3 is 16.2 Å². The molecule has 0 saturated carbocycles. The number of aromatic nitrogens is 1. The lowest BCUT2D eigenvalue weighted by Crippen LogP contribution is -2.21. The van der Waals surface area contributed by atoms with Crippen LogP contribution in [0.2, 0.25) is 0 Å². The van der Waals surface area contributed by atoms with Crippen molar-refractivity contribution in [1.82, 2.24) is 4.98 Å². The lowest BCUT2D eigenvalue weighted by molar-refractivity contribution is 0.0810. The van der Waals surface area contributed by atoms with Gasteiger partial charge in [-0.25, -0.2) is 4.98 Å². The molecule has 2 aromatic rings. The molecule has 1 aromatic carbocycles. The molecular formula is C17H23N3O. The van der Waals surface area contributed by atoms with Gasteiger partial charge in [0, 0.05) is 17.8 Å². The highest BCUT2D eigenvalue weighted by Gasteiger charge is 2.13. The van der Waals surface area contributed by atoms with Crippen LogP contribution in [0.3, 0.4) is 0 Å². The summed E-state index contributed by atoms with van der Waals surface area (Å²) in [5, 5.41) is 13.1. The van der Waals surface area contributed by atoms with Crippen molar-refractivity contribution in [2.45, 2.75) is 39.7 Å². The van der Waals surface area contributed by atoms with Gasteiger partial charge in [0.25, 0.3) is 0 Å². The van der Waals surface area contributed by atoms with Crippen molar-refractivity contribution in [1.29, 1.82) is 0 Å². The molecule has 0 unspecified atom stereocenters. The van der Waals surface area contributed by atoms with Crippen LogP contribution in [0.25, 0.3) is 0 Å². The molecular weight excluding hydrogens is 262 g/mol. The number of rotatable bonds is 4. The fraction of sp³-hybridized carbons (Fsp3) is 0.353. The van der Waals surface area contributed by atoms with Gasteiger partial charge in [-0.05, 0) is 57.0 Å². The third-order valence-electron chi connectivity index (χ3n) is 3.25. The van der Waals surface area contributed by atoms with Gasteiger partial charge in [0.15, 0.2) is 5.82 Å². The van der Waals surface area contributed by atoms with E-state index in [0.717, 1.165) is 22.5 Å². The summed E-state index contributed by atoms with van der Waals surface area (Å²) in [6.07, 6.45) is 0.622. The Bertz CT molecular complexity index is 628. The first-order valence-electron chi connectivity index (χ1n) is 7.07. The predicted octanol–water partition coefficient (Wildman–Crippen LogP) is 3.34. The molecule has 2 rings (SSSR count). The molecule has 0 amide bonds. The van der Waals surface area contributed by atoms with Gasteiger partial charge >= 0.3 is 0 Å². The first-order chi connectivity index (χ1) is 9.74. The van der Waals surface area contributed by atoms with Gasteiger partial charge in [-0.1, -0.05) is 12.1 Å². The van der Waals surface area contributed by atoms with Gasteiger partial charge in [0.2, 0.25) is 0 Å². The first-order valence-corrected chi connectivity index (χ1v) is 7.07. The van der Waals surface area contributed by atoms with Gasteiger partial charge in [-0.2, -0.15) is 0 Å². The van der Waals surface area contributed by atoms with E-state index in [1.807, 2.05) is 44.2 Å². The summed E-state index contributed by atoms with van der Waals surface area (Å²) in [7, 11) is 0. The van der Waals surface area contributed by atoms with Gasteiger partial charge in [-0.15, -0.1) is 0 Å². The zero-order valence-corrected chi connectivity index (χ0v) is 13.1. The van der Waals surface area contributed by atoms with E-state index in [1.54, 1.807) is 13.8 Å². The number of anilines is 3. The van der Waals surface area contributed by atoms with Crippen molar-refractivity contribution in [3.63, 3.8) is 0 Å². The molecule has 112 valence electrons. The normalized spacial score (nSPS) is 11.5. The number of benzene rings is 1. The van der Waals surface area contributed by atoms with Crippen molar-refractivity contribution in [2.24, 2.45) is 0 Å². The number of pyridine rings is 1. The maximum absolute atomic E-state index is 9.83. The Labute approximate surface area is 126 Å². The molecule has 0 aliphatic heterocycles. The molecule has 4 N–H and O–H groups in total. The minimum atomic E-state index is -0.700. The van der Waals surface area contributed by atoms with Crippen LogP contribution >= 0.6 is 0 Å². The smallest absolute Gasteiger partial charge is 0.154 e. The Morgan fingerprint density at radius 2 is 1.81 bits per heavy atom. The van der Waals surface area contributed by atoms with Crippen molar-refractivity contribution in [3.8, 4) is 0 Å². The molecule has 0 aliphatic rings. The Morgan fingerprint density at radius 3 is 2.38 bits per heavy atom. The van der Waals surface area contributed by atoms with E-state index in [1.165, 1.54) is 0 Å². The van der Waals surface area contributed by atoms with Crippen LogP contribution in [0.1, 0.15) is 30.7 Å². The second-order valence-electron chi connectivity index (χ2n) is 6.15. The van der Waals surface area contributed by atoms with Crippen molar-refractivity contribution < 1.29 is 5.11 Å². The van der Waals surface area contributed by atoms with Crippen molar-refractivity contribution in [2.75, 3.05) is 11.1 Å². The Balaban J connectivity index is 2.18. The van der Waals surface area contributed by atoms with E-state index in [2.05, 4.69) is 10.3 Å². The number of hydrogen-bond acceptors (Lipinski definition) is 4. The third kappa shape index (κ3) is 4.20. The average molecular weight is 285 g/mol. The minimum absolute atomic E-state index is 0.622. The maximum Gasteiger partial charge on any atom is 0.154 e. The second-order valence-corrected chi connectivity index (χ2v) is 6.15. The highest BCUT2D eigenvalue weighted by Crippen LogP contribution is 2.25. The largest absolute Gasteiger partial charge is 0.396 e. The SMILES string of the molecule is Cc1cc(C)c(N)c(Nc2ccc(CC(C)(C)O)cc2)n1. The van der Waals surface area contributed by atoms with E-state index >= 15 is 0 Å². The number of nitrogens with zero attached hydrogens (tertiary/aromatic N) is 1. The Morgan fingerprint density at radius 1 is 1.19 bits per heavy atom. The van der Waals surface area contributed by atoms with Crippen LogP contribution in [0.15, 0.2) is 30.3 Å². The van der Waals surface area contributed by atoms with Crippen molar-refractivity contribution >= 4 is 17.2 Å². The average Bonchev–Trinajstić information content (AvgIpc) is 2.36. The summed E-state index contributed by atoms with van der Waals surface area (Å²) in [5.41, 5.74) is 9.99. The first kappa shape index (κ1) is 15.3. The molecule has 0 saturated heterocycles. The number of aliphatic hydroxyl groups is 1. The molecule has 1 aromatic heterocycles. The summed E-state index contributed by atoms with van der Waals surface area (Å²) in [6, 6.07) is 9.91. The van der Waals surface area contributed by atoms with Crippen molar-refractivity contribution in [3.05, 3.63) is 47.2 Å². The van der Waals surface area contributed by atoms with Crippen LogP contribution < -0.4 is 11.1 Å². The van der Waals surface area contributed by atoms with Crippen LogP contribution in [-0.2, 0) is 6.42 Å². The van der Waals surface area contributed by atoms with Crippen LogP contribution in [-0.4, -0.2) is 15.7 Å². The Hall–Kier alpha value is -2.07. The fourth-order valence-corrected chi connectivity index (χ4v) is 2.28. The maximum atomic E-state index is 9.83. The summed E-state index contributed by atoms with van der Waals surface area (Å²) in [4.78, 5) is 4.43. The number of nitrogen functional groups attached to an aromatic ring is 1. The highest BCUT2D eigenvalue weighted by molar-refractivity contribution is 5.71. The topological polar surface area (TPSA) is 71.2 Å². The van der Waals surface area contributed by atoms with Crippen LogP contribution in [0.4, 0.5) is 17.2 Å². The predicted molar refractivity (Wildman–Crippen MR) is 87.8 cm³/mol. The standard InChI is InChI=1S/C17H23N3O/c1-11-9-12(2)19-16(15(11)18)20-14-7-5-13(6-8-14)10-17(3,4)21/h5-9,21H,10,18H2,1-4H3,(H,19,20). The number of aryl methyl sites for hydroxylation is 2. The third-order valence-corrected chi connectivity index (χ3v) is 3.25. The van der Waals surface area contributed by atoms with E-state index in [-0.39, 0.29) is 0 Å². The zero-order valence-electron chi connectivity index (χ0n) is 13.1. The van der Waals surface area contributed by atoms with Gasteiger partial charge in [-0.3, -0.25) is 0 Å². The van der Waals surface area contributed by atoms with Gasteiger partial charge in [0.05, 0.1) is 11.3 Å². The van der Waals surface area contributed by atoms with E-state index in [0.29, 0.717) is 17.9 Å².